The summed E-state index contributed by atoms with van der Waals surface area (Å²) in [6.45, 7) is 5.27. The van der Waals surface area contributed by atoms with E-state index in [1.807, 2.05) is 14.0 Å². The maximum absolute atomic E-state index is 3.24. The molecular weight excluding hydrogens is 122 g/mol. The number of hydrogen-bond donors (Lipinski definition) is 1. The Kier molecular flexibility index (Phi) is 2.01. The minimum atomic E-state index is 0.345. The van der Waals surface area contributed by atoms with Crippen LogP contribution in [0, 0.1) is 23.2 Å². The molecule has 1 nitrogen and oxygen atoms in total. The lowest BCUT2D eigenvalue weighted by Gasteiger charge is -1.99. The van der Waals surface area contributed by atoms with Crippen molar-refractivity contribution in [3.63, 3.8) is 0 Å². The first kappa shape index (κ1) is 7.63. The van der Waals surface area contributed by atoms with Gasteiger partial charge in [0.15, 0.2) is 0 Å². The average Bonchev–Trinajstić information content (AvgIpc) is 2.44. The fraction of sp³-hybridized carbons (Fsp3) is 0.778. The summed E-state index contributed by atoms with van der Waals surface area (Å²) in [4.78, 5) is 0. The Morgan fingerprint density at radius 2 is 2.40 bits per heavy atom. The Morgan fingerprint density at radius 1 is 1.70 bits per heavy atom. The van der Waals surface area contributed by atoms with Crippen molar-refractivity contribution in [2.45, 2.75) is 20.3 Å². The van der Waals surface area contributed by atoms with Gasteiger partial charge < -0.3 is 5.32 Å². The van der Waals surface area contributed by atoms with E-state index in [-0.39, 0.29) is 0 Å². The molecule has 1 aliphatic rings. The number of rotatable bonds is 2. The third-order valence-electron chi connectivity index (χ3n) is 2.27. The normalized spacial score (nSPS) is 36.5. The molecule has 2 atom stereocenters. The van der Waals surface area contributed by atoms with Crippen LogP contribution in [0.1, 0.15) is 20.3 Å². The Morgan fingerprint density at radius 3 is 2.90 bits per heavy atom. The molecule has 0 radical (unpaired) electrons. The van der Waals surface area contributed by atoms with Crippen LogP contribution in [-0.2, 0) is 0 Å². The summed E-state index contributed by atoms with van der Waals surface area (Å²) in [7, 11) is 2.00. The minimum absolute atomic E-state index is 0.345. The lowest BCUT2D eigenvalue weighted by Crippen LogP contribution is -2.12. The van der Waals surface area contributed by atoms with Crippen LogP contribution in [0.15, 0.2) is 0 Å². The second-order valence-corrected chi connectivity index (χ2v) is 3.25. The first-order chi connectivity index (χ1) is 4.73. The second-order valence-electron chi connectivity index (χ2n) is 3.25. The van der Waals surface area contributed by atoms with Crippen LogP contribution < -0.4 is 5.32 Å². The maximum Gasteiger partial charge on any atom is 0.0330 e. The van der Waals surface area contributed by atoms with E-state index in [4.69, 9.17) is 0 Å². The van der Waals surface area contributed by atoms with Gasteiger partial charge in [-0.25, -0.2) is 0 Å². The summed E-state index contributed by atoms with van der Waals surface area (Å²) in [5, 5.41) is 3.18. The van der Waals surface area contributed by atoms with E-state index in [0.717, 1.165) is 12.5 Å². The van der Waals surface area contributed by atoms with Gasteiger partial charge in [-0.05, 0) is 39.8 Å². The van der Waals surface area contributed by atoms with Gasteiger partial charge in [-0.15, -0.1) is 5.92 Å². The van der Waals surface area contributed by atoms with E-state index in [1.54, 1.807) is 0 Å². The number of nitrogens with one attached hydrogen (secondary N) is 1. The van der Waals surface area contributed by atoms with Gasteiger partial charge in [-0.1, -0.05) is 5.92 Å². The fourth-order valence-corrected chi connectivity index (χ4v) is 1.44. The molecule has 0 aromatic heterocycles. The Hall–Kier alpha value is -0.480. The third-order valence-corrected chi connectivity index (χ3v) is 2.27. The Labute approximate surface area is 63.2 Å². The lowest BCUT2D eigenvalue weighted by atomic mass is 10.1. The van der Waals surface area contributed by atoms with Crippen LogP contribution in [-0.4, -0.2) is 13.6 Å². The van der Waals surface area contributed by atoms with E-state index >= 15 is 0 Å². The monoisotopic (exact) mass is 137 g/mol. The SMILES string of the molecule is CC#C[C@]1(C)CC1CNC. The van der Waals surface area contributed by atoms with Gasteiger partial charge in [0.2, 0.25) is 0 Å². The first-order valence-corrected chi connectivity index (χ1v) is 3.81. The quantitative estimate of drug-likeness (QED) is 0.565. The summed E-state index contributed by atoms with van der Waals surface area (Å²) >= 11 is 0. The smallest absolute Gasteiger partial charge is 0.0330 e. The molecule has 10 heavy (non-hydrogen) atoms. The molecule has 0 amide bonds. The fourth-order valence-electron chi connectivity index (χ4n) is 1.44. The van der Waals surface area contributed by atoms with Crippen molar-refractivity contribution in [3.8, 4) is 11.8 Å². The van der Waals surface area contributed by atoms with Gasteiger partial charge in [0.25, 0.3) is 0 Å². The van der Waals surface area contributed by atoms with Crippen molar-refractivity contribution in [1.29, 1.82) is 0 Å². The van der Waals surface area contributed by atoms with Crippen molar-refractivity contribution < 1.29 is 0 Å². The van der Waals surface area contributed by atoms with Crippen molar-refractivity contribution in [2.75, 3.05) is 13.6 Å². The molecule has 1 saturated carbocycles. The van der Waals surface area contributed by atoms with Gasteiger partial charge >= 0.3 is 0 Å². The highest BCUT2D eigenvalue weighted by molar-refractivity contribution is 5.20. The van der Waals surface area contributed by atoms with Crippen LogP contribution in [0.3, 0.4) is 0 Å². The summed E-state index contributed by atoms with van der Waals surface area (Å²) in [5.74, 6) is 7.02. The highest BCUT2D eigenvalue weighted by atomic mass is 14.8. The van der Waals surface area contributed by atoms with Gasteiger partial charge in [0, 0.05) is 5.41 Å². The molecule has 0 aromatic rings. The molecule has 0 bridgehead atoms. The molecule has 1 N–H and O–H groups in total. The molecular formula is C9H15N. The topological polar surface area (TPSA) is 12.0 Å². The maximum atomic E-state index is 3.24. The highest BCUT2D eigenvalue weighted by Gasteiger charge is 2.47. The zero-order valence-electron chi connectivity index (χ0n) is 6.99. The molecule has 0 saturated heterocycles. The molecule has 1 fully saturated rings. The van der Waals surface area contributed by atoms with Gasteiger partial charge in [0.1, 0.15) is 0 Å². The summed E-state index contributed by atoms with van der Waals surface area (Å²) in [6.07, 6.45) is 1.27. The molecule has 0 heterocycles. The molecule has 1 unspecified atom stereocenters. The number of hydrogen-bond acceptors (Lipinski definition) is 1. The first-order valence-electron chi connectivity index (χ1n) is 3.81. The second kappa shape index (κ2) is 2.64. The summed E-state index contributed by atoms with van der Waals surface area (Å²) in [5.41, 5.74) is 0.345. The summed E-state index contributed by atoms with van der Waals surface area (Å²) in [6, 6.07) is 0. The van der Waals surface area contributed by atoms with Crippen molar-refractivity contribution in [3.05, 3.63) is 0 Å². The minimum Gasteiger partial charge on any atom is -0.319 e. The molecule has 0 aromatic carbocycles. The van der Waals surface area contributed by atoms with Crippen LogP contribution in [0.5, 0.6) is 0 Å². The average molecular weight is 137 g/mol. The van der Waals surface area contributed by atoms with Gasteiger partial charge in [-0.3, -0.25) is 0 Å². The van der Waals surface area contributed by atoms with E-state index in [1.165, 1.54) is 6.42 Å². The van der Waals surface area contributed by atoms with Crippen LogP contribution in [0.2, 0.25) is 0 Å². The van der Waals surface area contributed by atoms with E-state index in [2.05, 4.69) is 24.1 Å². The summed E-state index contributed by atoms with van der Waals surface area (Å²) < 4.78 is 0. The van der Waals surface area contributed by atoms with Gasteiger partial charge in [-0.2, -0.15) is 0 Å². The van der Waals surface area contributed by atoms with E-state index in [9.17, 15) is 0 Å². The molecule has 1 aliphatic carbocycles. The van der Waals surface area contributed by atoms with Crippen LogP contribution in [0.4, 0.5) is 0 Å². The van der Waals surface area contributed by atoms with Gasteiger partial charge in [0.05, 0.1) is 0 Å². The molecule has 1 heteroatoms. The zero-order chi connectivity index (χ0) is 7.61. The predicted octanol–water partition coefficient (Wildman–Crippen LogP) is 1.26. The van der Waals surface area contributed by atoms with E-state index in [0.29, 0.717) is 5.41 Å². The van der Waals surface area contributed by atoms with Crippen LogP contribution >= 0.6 is 0 Å². The molecule has 1 rings (SSSR count). The third kappa shape index (κ3) is 1.33. The Balaban J connectivity index is 2.38. The van der Waals surface area contributed by atoms with E-state index < -0.39 is 0 Å². The Bertz CT molecular complexity index is 175. The molecule has 56 valence electrons. The molecule has 0 aliphatic heterocycles. The van der Waals surface area contributed by atoms with Crippen LogP contribution in [0.25, 0.3) is 0 Å². The predicted molar refractivity (Wildman–Crippen MR) is 43.6 cm³/mol. The van der Waals surface area contributed by atoms with Crippen molar-refractivity contribution in [2.24, 2.45) is 11.3 Å². The lowest BCUT2D eigenvalue weighted by molar-refractivity contribution is 0.608. The largest absolute Gasteiger partial charge is 0.319 e. The van der Waals surface area contributed by atoms with Crippen molar-refractivity contribution >= 4 is 0 Å². The highest BCUT2D eigenvalue weighted by Crippen LogP contribution is 2.50. The standard InChI is InChI=1S/C9H15N/c1-4-5-9(2)6-8(9)7-10-3/h8,10H,6-7H2,1-3H3/t8?,9-/m1/s1. The zero-order valence-corrected chi connectivity index (χ0v) is 6.99. The van der Waals surface area contributed by atoms with Crippen molar-refractivity contribution in [1.82, 2.24) is 5.32 Å². The molecule has 0 spiro atoms.